The molecule has 1 aliphatic rings. The summed E-state index contributed by atoms with van der Waals surface area (Å²) in [5, 5.41) is 18.8. The van der Waals surface area contributed by atoms with Crippen LogP contribution in [-0.4, -0.2) is 10.7 Å². The maximum Gasteiger partial charge on any atom is 0.127 e. The van der Waals surface area contributed by atoms with Crippen molar-refractivity contribution in [3.8, 4) is 17.6 Å². The summed E-state index contributed by atoms with van der Waals surface area (Å²) >= 11 is 0. The number of ether oxygens (including phenoxy) is 1. The predicted octanol–water partition coefficient (Wildman–Crippen LogP) is 5.82. The molecule has 0 bridgehead atoms. The van der Waals surface area contributed by atoms with Gasteiger partial charge >= 0.3 is 0 Å². The Morgan fingerprint density at radius 2 is 1.84 bits per heavy atom. The Balaban J connectivity index is 1.97. The number of phenols is 1. The summed E-state index contributed by atoms with van der Waals surface area (Å²) in [5.74, 6) is 1.37. The second-order valence-corrected chi connectivity index (χ2v) is 7.46. The minimum Gasteiger partial charge on any atom is -0.507 e. The second-order valence-electron chi connectivity index (χ2n) is 7.46. The lowest BCUT2D eigenvalue weighted by molar-refractivity contribution is 0.112. The van der Waals surface area contributed by atoms with Gasteiger partial charge in [-0.05, 0) is 82.6 Å². The van der Waals surface area contributed by atoms with Crippen molar-refractivity contribution >= 4 is 0 Å². The third kappa shape index (κ3) is 4.57. The lowest BCUT2D eigenvalue weighted by Gasteiger charge is -2.36. The van der Waals surface area contributed by atoms with E-state index in [4.69, 9.17) is 10.00 Å². The summed E-state index contributed by atoms with van der Waals surface area (Å²) in [6, 6.07) is 2.20. The van der Waals surface area contributed by atoms with E-state index in [0.717, 1.165) is 60.1 Å². The number of fused-ring (bicyclic) bond motifs is 1. The maximum atomic E-state index is 10.3. The fraction of sp³-hybridized carbons (Fsp3) is 0.591. The van der Waals surface area contributed by atoms with Gasteiger partial charge in [-0.25, -0.2) is 0 Å². The smallest absolute Gasteiger partial charge is 0.127 e. The number of aromatic hydroxyl groups is 1. The minimum absolute atomic E-state index is 0.269. The van der Waals surface area contributed by atoms with E-state index < -0.39 is 0 Å². The second kappa shape index (κ2) is 8.43. The average Bonchev–Trinajstić information content (AvgIpc) is 2.60. The number of allylic oxidation sites excluding steroid dienone is 1. The highest BCUT2D eigenvalue weighted by Gasteiger charge is 2.32. The molecule has 25 heavy (non-hydrogen) atoms. The number of hydrogen-bond acceptors (Lipinski definition) is 3. The Bertz CT molecular complexity index is 684. The normalized spacial score (nSPS) is 19.5. The van der Waals surface area contributed by atoms with Crippen LogP contribution in [0.5, 0.6) is 11.5 Å². The summed E-state index contributed by atoms with van der Waals surface area (Å²) < 4.78 is 6.39. The zero-order valence-electron chi connectivity index (χ0n) is 16.1. The van der Waals surface area contributed by atoms with Gasteiger partial charge in [-0.1, -0.05) is 18.9 Å². The predicted molar refractivity (Wildman–Crippen MR) is 102 cm³/mol. The topological polar surface area (TPSA) is 53.2 Å². The van der Waals surface area contributed by atoms with Crippen LogP contribution in [0.15, 0.2) is 12.2 Å². The van der Waals surface area contributed by atoms with Gasteiger partial charge in [0, 0.05) is 12.0 Å². The Hall–Kier alpha value is -1.95. The summed E-state index contributed by atoms with van der Waals surface area (Å²) in [6.07, 6.45) is 12.6. The molecule has 3 heteroatoms. The van der Waals surface area contributed by atoms with Gasteiger partial charge in [0.05, 0.1) is 6.07 Å². The van der Waals surface area contributed by atoms with Gasteiger partial charge in [0.2, 0.25) is 0 Å². The number of unbranched alkanes of at least 4 members (excludes halogenated alkanes) is 5. The first-order valence-corrected chi connectivity index (χ1v) is 9.45. The molecule has 2 rings (SSSR count). The molecule has 1 aliphatic heterocycles. The molecule has 0 fully saturated rings. The van der Waals surface area contributed by atoms with Gasteiger partial charge in [-0.3, -0.25) is 0 Å². The van der Waals surface area contributed by atoms with Crippen molar-refractivity contribution in [1.29, 1.82) is 5.26 Å². The molecule has 0 unspecified atom stereocenters. The van der Waals surface area contributed by atoms with E-state index in [2.05, 4.69) is 25.1 Å². The van der Waals surface area contributed by atoms with E-state index in [-0.39, 0.29) is 5.60 Å². The van der Waals surface area contributed by atoms with Crippen molar-refractivity contribution in [3.63, 3.8) is 0 Å². The molecule has 1 aromatic rings. The first kappa shape index (κ1) is 19.4. The molecule has 0 saturated carbocycles. The summed E-state index contributed by atoms with van der Waals surface area (Å²) in [6.45, 7) is 8.12. The Morgan fingerprint density at radius 3 is 2.56 bits per heavy atom. The summed E-state index contributed by atoms with van der Waals surface area (Å²) in [5.41, 5.74) is 3.82. The molecule has 0 spiro atoms. The van der Waals surface area contributed by atoms with Gasteiger partial charge < -0.3 is 9.84 Å². The molecular weight excluding hydrogens is 310 g/mol. The van der Waals surface area contributed by atoms with E-state index >= 15 is 0 Å². The molecule has 1 heterocycles. The van der Waals surface area contributed by atoms with Gasteiger partial charge in [0.25, 0.3) is 0 Å². The number of nitriles is 1. The van der Waals surface area contributed by atoms with Gasteiger partial charge in [0.15, 0.2) is 0 Å². The maximum absolute atomic E-state index is 10.3. The van der Waals surface area contributed by atoms with Crippen LogP contribution in [0, 0.1) is 32.1 Å². The highest BCUT2D eigenvalue weighted by Crippen LogP contribution is 2.43. The fourth-order valence-corrected chi connectivity index (χ4v) is 3.54. The lowest BCUT2D eigenvalue weighted by Crippen LogP contribution is -2.35. The van der Waals surface area contributed by atoms with Crippen molar-refractivity contribution in [2.24, 2.45) is 0 Å². The number of nitrogens with zero attached hydrogens (tertiary/aromatic N) is 1. The highest BCUT2D eigenvalue weighted by atomic mass is 16.5. The number of benzene rings is 1. The van der Waals surface area contributed by atoms with E-state index in [1.54, 1.807) is 0 Å². The van der Waals surface area contributed by atoms with Crippen LogP contribution in [0.1, 0.15) is 74.1 Å². The van der Waals surface area contributed by atoms with Crippen molar-refractivity contribution in [1.82, 2.24) is 0 Å². The van der Waals surface area contributed by atoms with Crippen LogP contribution in [0.2, 0.25) is 0 Å². The molecule has 0 radical (unpaired) electrons. The van der Waals surface area contributed by atoms with Crippen LogP contribution in [0.25, 0.3) is 0 Å². The van der Waals surface area contributed by atoms with Crippen molar-refractivity contribution in [2.45, 2.75) is 84.7 Å². The molecule has 3 nitrogen and oxygen atoms in total. The third-order valence-electron chi connectivity index (χ3n) is 5.43. The monoisotopic (exact) mass is 341 g/mol. The van der Waals surface area contributed by atoms with Crippen molar-refractivity contribution in [3.05, 3.63) is 34.4 Å². The SMILES string of the molecule is Cc1c(C)c2c(c(C)c1O)CC[C@@](C)(/C=C/CCCCCCC#N)O2. The lowest BCUT2D eigenvalue weighted by atomic mass is 9.87. The quantitative estimate of drug-likeness (QED) is 0.502. The molecule has 0 saturated heterocycles. The standard InChI is InChI=1S/C22H31NO2/c1-16-17(2)21-19(18(3)20(16)24)12-14-22(4,25-21)13-10-8-6-5-7-9-11-15-23/h10,13,24H,5-9,11-12,14H2,1-4H3/b13-10+/t22-/m1/s1. The molecular formula is C22H31NO2. The molecule has 1 atom stereocenters. The third-order valence-corrected chi connectivity index (χ3v) is 5.43. The minimum atomic E-state index is -0.269. The van der Waals surface area contributed by atoms with Crippen LogP contribution < -0.4 is 4.74 Å². The Morgan fingerprint density at radius 1 is 1.12 bits per heavy atom. The van der Waals surface area contributed by atoms with Crippen LogP contribution in [-0.2, 0) is 6.42 Å². The van der Waals surface area contributed by atoms with Crippen molar-refractivity contribution < 1.29 is 9.84 Å². The first-order valence-electron chi connectivity index (χ1n) is 9.45. The van der Waals surface area contributed by atoms with Crippen LogP contribution in [0.3, 0.4) is 0 Å². The molecule has 136 valence electrons. The van der Waals surface area contributed by atoms with Gasteiger partial charge in [-0.15, -0.1) is 0 Å². The molecule has 0 aliphatic carbocycles. The van der Waals surface area contributed by atoms with E-state index in [1.165, 1.54) is 12.8 Å². The Kier molecular flexibility index (Phi) is 6.53. The van der Waals surface area contributed by atoms with E-state index in [9.17, 15) is 5.11 Å². The average molecular weight is 341 g/mol. The summed E-state index contributed by atoms with van der Waals surface area (Å²) in [7, 11) is 0. The van der Waals surface area contributed by atoms with E-state index in [1.807, 2.05) is 20.8 Å². The summed E-state index contributed by atoms with van der Waals surface area (Å²) in [4.78, 5) is 0. The molecule has 1 aromatic carbocycles. The fourth-order valence-electron chi connectivity index (χ4n) is 3.54. The number of phenolic OH excluding ortho intramolecular Hbond substituents is 1. The molecule has 0 aromatic heterocycles. The molecule has 0 amide bonds. The zero-order chi connectivity index (χ0) is 18.4. The van der Waals surface area contributed by atoms with E-state index in [0.29, 0.717) is 12.2 Å². The number of rotatable bonds is 7. The van der Waals surface area contributed by atoms with Crippen LogP contribution >= 0.6 is 0 Å². The van der Waals surface area contributed by atoms with Crippen LogP contribution in [0.4, 0.5) is 0 Å². The first-order chi connectivity index (χ1) is 11.9. The Labute approximate surface area is 152 Å². The highest BCUT2D eigenvalue weighted by molar-refractivity contribution is 5.58. The molecule has 1 N–H and O–H groups in total. The zero-order valence-corrected chi connectivity index (χ0v) is 16.1. The largest absolute Gasteiger partial charge is 0.507 e. The van der Waals surface area contributed by atoms with Gasteiger partial charge in [0.1, 0.15) is 17.1 Å². The van der Waals surface area contributed by atoms with Gasteiger partial charge in [-0.2, -0.15) is 5.26 Å². The number of hydrogen-bond donors (Lipinski definition) is 1. The van der Waals surface area contributed by atoms with Crippen molar-refractivity contribution in [2.75, 3.05) is 0 Å².